The number of aromatic nitrogens is 5. The lowest BCUT2D eigenvalue weighted by molar-refractivity contribution is 0.776. The van der Waals surface area contributed by atoms with Crippen LogP contribution in [0.2, 0.25) is 5.02 Å². The second kappa shape index (κ2) is 7.36. The molecule has 0 radical (unpaired) electrons. The summed E-state index contributed by atoms with van der Waals surface area (Å²) in [7, 11) is 0. The summed E-state index contributed by atoms with van der Waals surface area (Å²) in [6.07, 6.45) is 3.39. The Kier molecular flexibility index (Phi) is 4.75. The number of aliphatic imine (C=N–C) groups is 1. The topological polar surface area (TPSA) is 88.8 Å². The fraction of sp³-hybridized carbons (Fsp3) is 0.150. The smallest absolute Gasteiger partial charge is 0.268 e. The summed E-state index contributed by atoms with van der Waals surface area (Å²) in [4.78, 5) is 26.0. The lowest BCUT2D eigenvalue weighted by Crippen LogP contribution is -2.13. The molecule has 0 aliphatic rings. The molecule has 8 heteroatoms. The van der Waals surface area contributed by atoms with Gasteiger partial charge in [-0.1, -0.05) is 23.7 Å². The number of rotatable bonds is 4. The first-order chi connectivity index (χ1) is 13.5. The molecule has 7 nitrogen and oxygen atoms in total. The number of benzene rings is 1. The van der Waals surface area contributed by atoms with Crippen LogP contribution in [0.5, 0.6) is 0 Å². The Morgan fingerprint density at radius 3 is 2.71 bits per heavy atom. The van der Waals surface area contributed by atoms with Crippen molar-refractivity contribution in [2.24, 2.45) is 4.99 Å². The van der Waals surface area contributed by atoms with Gasteiger partial charge in [-0.15, -0.1) is 5.10 Å². The minimum absolute atomic E-state index is 0.142. The first-order valence-electron chi connectivity index (χ1n) is 8.78. The van der Waals surface area contributed by atoms with Crippen LogP contribution in [0.1, 0.15) is 18.2 Å². The van der Waals surface area contributed by atoms with E-state index in [4.69, 9.17) is 11.6 Å². The number of hydrogen-bond donors (Lipinski definition) is 1. The molecule has 0 amide bonds. The summed E-state index contributed by atoms with van der Waals surface area (Å²) in [6.45, 7) is 4.58. The number of nitrogens with one attached hydrogen (secondary N) is 1. The van der Waals surface area contributed by atoms with Gasteiger partial charge >= 0.3 is 0 Å². The predicted octanol–water partition coefficient (Wildman–Crippen LogP) is 3.91. The molecule has 0 unspecified atom stereocenters. The molecule has 28 heavy (non-hydrogen) atoms. The Balaban J connectivity index is 1.73. The molecule has 140 valence electrons. The van der Waals surface area contributed by atoms with E-state index in [1.54, 1.807) is 30.6 Å². The summed E-state index contributed by atoms with van der Waals surface area (Å²) >= 11 is 5.88. The second-order valence-electron chi connectivity index (χ2n) is 6.28. The van der Waals surface area contributed by atoms with E-state index < -0.39 is 0 Å². The largest absolute Gasteiger partial charge is 0.332 e. The third-order valence-corrected chi connectivity index (χ3v) is 4.58. The Bertz CT molecular complexity index is 1240. The molecule has 4 rings (SSSR count). The van der Waals surface area contributed by atoms with Crippen LogP contribution in [0.3, 0.4) is 0 Å². The van der Waals surface area contributed by atoms with Crippen molar-refractivity contribution in [2.75, 3.05) is 0 Å². The highest BCUT2D eigenvalue weighted by Crippen LogP contribution is 2.18. The number of hydrogen-bond acceptors (Lipinski definition) is 5. The quantitative estimate of drug-likeness (QED) is 0.533. The van der Waals surface area contributed by atoms with Gasteiger partial charge in [0.2, 0.25) is 5.43 Å². The van der Waals surface area contributed by atoms with Crippen molar-refractivity contribution in [1.29, 1.82) is 0 Å². The maximum atomic E-state index is 12.9. The Morgan fingerprint density at radius 2 is 1.96 bits per heavy atom. The Morgan fingerprint density at radius 1 is 1.18 bits per heavy atom. The third-order valence-electron chi connectivity index (χ3n) is 4.33. The highest BCUT2D eigenvalue weighted by molar-refractivity contribution is 6.30. The van der Waals surface area contributed by atoms with Crippen LogP contribution in [0.15, 0.2) is 52.4 Å². The molecule has 0 aliphatic heterocycles. The van der Waals surface area contributed by atoms with Gasteiger partial charge in [-0.05, 0) is 43.7 Å². The minimum atomic E-state index is -0.142. The van der Waals surface area contributed by atoms with Crippen LogP contribution in [-0.2, 0) is 6.54 Å². The van der Waals surface area contributed by atoms with Crippen LogP contribution in [0.4, 0.5) is 5.95 Å². The Hall–Kier alpha value is -3.32. The van der Waals surface area contributed by atoms with Crippen molar-refractivity contribution in [3.63, 3.8) is 0 Å². The Labute approximate surface area is 165 Å². The molecule has 1 aromatic carbocycles. The molecule has 3 heterocycles. The van der Waals surface area contributed by atoms with Gasteiger partial charge in [-0.2, -0.15) is 4.98 Å². The predicted molar refractivity (Wildman–Crippen MR) is 110 cm³/mol. The molecule has 0 bridgehead atoms. The van der Waals surface area contributed by atoms with Crippen molar-refractivity contribution in [3.05, 3.63) is 69.1 Å². The number of fused-ring (bicyclic) bond motifs is 1. The van der Waals surface area contributed by atoms with Crippen LogP contribution in [-0.4, -0.2) is 30.9 Å². The van der Waals surface area contributed by atoms with Gasteiger partial charge in [-0.25, -0.2) is 9.98 Å². The second-order valence-corrected chi connectivity index (χ2v) is 6.71. The first kappa shape index (κ1) is 18.1. The van der Waals surface area contributed by atoms with Crippen LogP contribution >= 0.6 is 11.6 Å². The number of nitrogens with zero attached hydrogens (tertiary/aromatic N) is 5. The molecule has 0 fully saturated rings. The molecular formula is C20H17ClN6O. The fourth-order valence-corrected chi connectivity index (χ4v) is 3.01. The van der Waals surface area contributed by atoms with E-state index in [0.29, 0.717) is 34.0 Å². The third kappa shape index (κ3) is 3.44. The van der Waals surface area contributed by atoms with Gasteiger partial charge in [-0.3, -0.25) is 9.89 Å². The van der Waals surface area contributed by atoms with Gasteiger partial charge < -0.3 is 4.57 Å². The minimum Gasteiger partial charge on any atom is -0.332 e. The zero-order valence-corrected chi connectivity index (χ0v) is 16.1. The highest BCUT2D eigenvalue weighted by Gasteiger charge is 2.14. The van der Waals surface area contributed by atoms with E-state index in [2.05, 4.69) is 25.2 Å². The van der Waals surface area contributed by atoms with Crippen LogP contribution in [0.25, 0.3) is 22.4 Å². The van der Waals surface area contributed by atoms with Crippen molar-refractivity contribution in [2.45, 2.75) is 20.4 Å². The average Bonchev–Trinajstić information content (AvgIpc) is 3.16. The fourth-order valence-electron chi connectivity index (χ4n) is 2.88. The van der Waals surface area contributed by atoms with Gasteiger partial charge in [0.05, 0.1) is 10.9 Å². The van der Waals surface area contributed by atoms with Gasteiger partial charge in [0.1, 0.15) is 5.65 Å². The van der Waals surface area contributed by atoms with Gasteiger partial charge in [0.25, 0.3) is 5.95 Å². The number of halogens is 1. The molecule has 1 N–H and O–H groups in total. The first-order valence-corrected chi connectivity index (χ1v) is 9.16. The van der Waals surface area contributed by atoms with Crippen molar-refractivity contribution in [1.82, 2.24) is 24.7 Å². The summed E-state index contributed by atoms with van der Waals surface area (Å²) in [5, 5.41) is 8.10. The number of aromatic amines is 1. The lowest BCUT2D eigenvalue weighted by atomic mass is 10.1. The average molecular weight is 393 g/mol. The maximum absolute atomic E-state index is 12.9. The van der Waals surface area contributed by atoms with E-state index in [1.807, 2.05) is 36.6 Å². The summed E-state index contributed by atoms with van der Waals surface area (Å²) < 4.78 is 1.93. The van der Waals surface area contributed by atoms with Crippen molar-refractivity contribution in [3.8, 4) is 11.4 Å². The molecule has 0 aliphatic carbocycles. The summed E-state index contributed by atoms with van der Waals surface area (Å²) in [5.74, 6) is 0.618. The van der Waals surface area contributed by atoms with Crippen molar-refractivity contribution >= 4 is 34.8 Å². The SMILES string of the molecule is CCn1cc(-c2nc(/N=C/c3ccc(Cl)cc3)n[nH]2)c(=O)c2ccc(C)nc21. The summed E-state index contributed by atoms with van der Waals surface area (Å²) in [5.41, 5.74) is 2.69. The highest BCUT2D eigenvalue weighted by atomic mass is 35.5. The number of pyridine rings is 2. The molecule has 4 aromatic rings. The van der Waals surface area contributed by atoms with Crippen molar-refractivity contribution < 1.29 is 0 Å². The van der Waals surface area contributed by atoms with E-state index in [0.717, 1.165) is 11.3 Å². The van der Waals surface area contributed by atoms with E-state index in [1.165, 1.54) is 0 Å². The van der Waals surface area contributed by atoms with E-state index in [-0.39, 0.29) is 11.4 Å². The number of H-pyrrole nitrogens is 1. The molecule has 0 saturated carbocycles. The monoisotopic (exact) mass is 392 g/mol. The van der Waals surface area contributed by atoms with E-state index in [9.17, 15) is 4.79 Å². The number of aryl methyl sites for hydroxylation is 2. The van der Waals surface area contributed by atoms with Gasteiger partial charge in [0.15, 0.2) is 5.82 Å². The van der Waals surface area contributed by atoms with Crippen LogP contribution in [0, 0.1) is 6.92 Å². The normalized spacial score (nSPS) is 11.5. The molecule has 0 atom stereocenters. The molecule has 0 spiro atoms. The standard InChI is InChI=1S/C20H17ClN6O/c1-3-27-11-16(17(28)15-9-4-12(2)23-19(15)27)18-24-20(26-25-18)22-10-13-5-7-14(21)8-6-13/h4-11H,3H2,1-2H3,(H,24,25,26)/b22-10+. The van der Waals surface area contributed by atoms with Gasteiger partial charge in [0, 0.05) is 29.7 Å². The van der Waals surface area contributed by atoms with Crippen LogP contribution < -0.4 is 5.43 Å². The zero-order chi connectivity index (χ0) is 19.7. The summed E-state index contributed by atoms with van der Waals surface area (Å²) in [6, 6.07) is 10.9. The van der Waals surface area contributed by atoms with E-state index >= 15 is 0 Å². The zero-order valence-electron chi connectivity index (χ0n) is 15.3. The molecule has 0 saturated heterocycles. The molecular weight excluding hydrogens is 376 g/mol. The lowest BCUT2D eigenvalue weighted by Gasteiger charge is -2.10. The maximum Gasteiger partial charge on any atom is 0.268 e. The molecule has 3 aromatic heterocycles.